The Morgan fingerprint density at radius 3 is 2.27 bits per heavy atom. The summed E-state index contributed by atoms with van der Waals surface area (Å²) in [5.41, 5.74) is 0.915. The lowest BCUT2D eigenvalue weighted by atomic mass is 10.3. The molecule has 0 aromatic carbocycles. The molecule has 0 atom stereocenters. The van der Waals surface area contributed by atoms with Gasteiger partial charge in [0.1, 0.15) is 0 Å². The molecular formula is C7H13BrN2O. The van der Waals surface area contributed by atoms with Gasteiger partial charge < -0.3 is 4.90 Å². The summed E-state index contributed by atoms with van der Waals surface area (Å²) in [5, 5.41) is 0. The van der Waals surface area contributed by atoms with Crippen molar-refractivity contribution in [2.24, 2.45) is 0 Å². The van der Waals surface area contributed by atoms with Gasteiger partial charge >= 0.3 is 0 Å². The van der Waals surface area contributed by atoms with E-state index in [9.17, 15) is 4.79 Å². The third kappa shape index (κ3) is 2.45. The molecule has 0 spiro atoms. The molecular weight excluding hydrogens is 208 g/mol. The number of nitrogens with zero attached hydrogens (tertiary/aromatic N) is 2. The van der Waals surface area contributed by atoms with E-state index < -0.39 is 0 Å². The Kier molecular flexibility index (Phi) is 3.33. The summed E-state index contributed by atoms with van der Waals surface area (Å²) in [6.07, 6.45) is 0. The van der Waals surface area contributed by atoms with Crippen LogP contribution in [0.5, 0.6) is 0 Å². The molecule has 1 aliphatic heterocycles. The first kappa shape index (κ1) is 9.00. The lowest BCUT2D eigenvalue weighted by molar-refractivity contribution is -0.130. The third-order valence-electron chi connectivity index (χ3n) is 1.99. The maximum absolute atomic E-state index is 10.9. The SMILES string of the molecule is CC(=O)N1CCN(CBr)CC1. The molecule has 1 amide bonds. The zero-order valence-electron chi connectivity index (χ0n) is 6.72. The summed E-state index contributed by atoms with van der Waals surface area (Å²) in [6, 6.07) is 0. The largest absolute Gasteiger partial charge is 0.340 e. The monoisotopic (exact) mass is 220 g/mol. The van der Waals surface area contributed by atoms with Gasteiger partial charge in [-0.15, -0.1) is 0 Å². The molecule has 0 N–H and O–H groups in total. The van der Waals surface area contributed by atoms with Crippen molar-refractivity contribution >= 4 is 21.8 Å². The van der Waals surface area contributed by atoms with Crippen LogP contribution in [0.15, 0.2) is 0 Å². The van der Waals surface area contributed by atoms with Gasteiger partial charge in [-0.25, -0.2) is 0 Å². The predicted molar refractivity (Wildman–Crippen MR) is 47.6 cm³/mol. The molecule has 0 saturated carbocycles. The molecule has 0 unspecified atom stereocenters. The van der Waals surface area contributed by atoms with Gasteiger partial charge in [0.2, 0.25) is 5.91 Å². The number of carbonyl (C=O) groups excluding carboxylic acids is 1. The normalized spacial score (nSPS) is 20.4. The third-order valence-corrected chi connectivity index (χ3v) is 2.70. The second-order valence-corrected chi connectivity index (χ2v) is 3.25. The Morgan fingerprint density at radius 2 is 1.91 bits per heavy atom. The quantitative estimate of drug-likeness (QED) is 0.475. The summed E-state index contributed by atoms with van der Waals surface area (Å²) < 4.78 is 0. The van der Waals surface area contributed by atoms with Crippen LogP contribution in [0.3, 0.4) is 0 Å². The Morgan fingerprint density at radius 1 is 1.36 bits per heavy atom. The first-order valence-electron chi connectivity index (χ1n) is 3.78. The first-order valence-corrected chi connectivity index (χ1v) is 4.90. The van der Waals surface area contributed by atoms with E-state index in [0.29, 0.717) is 0 Å². The number of hydrogen-bond donors (Lipinski definition) is 0. The second kappa shape index (κ2) is 4.07. The minimum absolute atomic E-state index is 0.194. The highest BCUT2D eigenvalue weighted by molar-refractivity contribution is 9.09. The van der Waals surface area contributed by atoms with Gasteiger partial charge in [-0.2, -0.15) is 0 Å². The van der Waals surface area contributed by atoms with Gasteiger partial charge in [-0.1, -0.05) is 15.9 Å². The van der Waals surface area contributed by atoms with Crippen LogP contribution in [0.2, 0.25) is 0 Å². The van der Waals surface area contributed by atoms with Crippen LogP contribution in [0.25, 0.3) is 0 Å². The first-order chi connectivity index (χ1) is 5.24. The van der Waals surface area contributed by atoms with Gasteiger partial charge in [-0.3, -0.25) is 9.69 Å². The van der Waals surface area contributed by atoms with E-state index in [1.807, 2.05) is 4.90 Å². The van der Waals surface area contributed by atoms with Crippen LogP contribution in [0, 0.1) is 0 Å². The fraction of sp³-hybridized carbons (Fsp3) is 0.857. The van der Waals surface area contributed by atoms with Crippen molar-refractivity contribution in [1.29, 1.82) is 0 Å². The lowest BCUT2D eigenvalue weighted by Gasteiger charge is -2.32. The number of amides is 1. The summed E-state index contributed by atoms with van der Waals surface area (Å²) in [7, 11) is 0. The van der Waals surface area contributed by atoms with Crippen LogP contribution in [-0.4, -0.2) is 47.3 Å². The van der Waals surface area contributed by atoms with Crippen LogP contribution >= 0.6 is 15.9 Å². The van der Waals surface area contributed by atoms with Crippen molar-refractivity contribution in [3.05, 3.63) is 0 Å². The Balaban J connectivity index is 2.30. The Labute approximate surface area is 75.5 Å². The van der Waals surface area contributed by atoms with E-state index in [0.717, 1.165) is 31.6 Å². The summed E-state index contributed by atoms with van der Waals surface area (Å²) >= 11 is 3.39. The average Bonchev–Trinajstić information content (AvgIpc) is 2.05. The fourth-order valence-electron chi connectivity index (χ4n) is 1.18. The average molecular weight is 221 g/mol. The maximum atomic E-state index is 10.9. The minimum Gasteiger partial charge on any atom is -0.340 e. The van der Waals surface area contributed by atoms with Crippen molar-refractivity contribution in [2.45, 2.75) is 6.92 Å². The van der Waals surface area contributed by atoms with Crippen molar-refractivity contribution < 1.29 is 4.79 Å². The molecule has 0 bridgehead atoms. The minimum atomic E-state index is 0.194. The van der Waals surface area contributed by atoms with Gasteiger partial charge in [0, 0.05) is 33.1 Å². The molecule has 1 heterocycles. The van der Waals surface area contributed by atoms with E-state index in [-0.39, 0.29) is 5.91 Å². The number of halogens is 1. The maximum Gasteiger partial charge on any atom is 0.219 e. The molecule has 0 aromatic heterocycles. The summed E-state index contributed by atoms with van der Waals surface area (Å²) in [4.78, 5) is 15.1. The molecule has 1 aliphatic rings. The van der Waals surface area contributed by atoms with Crippen LogP contribution in [0.4, 0.5) is 0 Å². The molecule has 1 saturated heterocycles. The zero-order valence-corrected chi connectivity index (χ0v) is 8.30. The molecule has 4 heteroatoms. The highest BCUT2D eigenvalue weighted by Crippen LogP contribution is 2.02. The van der Waals surface area contributed by atoms with E-state index in [1.165, 1.54) is 0 Å². The molecule has 1 rings (SSSR count). The van der Waals surface area contributed by atoms with Crippen molar-refractivity contribution in [3.63, 3.8) is 0 Å². The zero-order chi connectivity index (χ0) is 8.27. The predicted octanol–water partition coefficient (Wildman–Crippen LogP) is 0.503. The lowest BCUT2D eigenvalue weighted by Crippen LogP contribution is -2.47. The Bertz CT molecular complexity index is 143. The van der Waals surface area contributed by atoms with Crippen LogP contribution in [-0.2, 0) is 4.79 Å². The highest BCUT2D eigenvalue weighted by Gasteiger charge is 2.16. The molecule has 3 nitrogen and oxygen atoms in total. The smallest absolute Gasteiger partial charge is 0.219 e. The summed E-state index contributed by atoms with van der Waals surface area (Å²) in [6.45, 7) is 5.36. The van der Waals surface area contributed by atoms with Gasteiger partial charge in [-0.05, 0) is 0 Å². The molecule has 0 radical (unpaired) electrons. The summed E-state index contributed by atoms with van der Waals surface area (Å²) in [5.74, 6) is 0.194. The number of alkyl halides is 1. The standard InChI is InChI=1S/C7H13BrN2O/c1-7(11)10-4-2-9(6-8)3-5-10/h2-6H2,1H3. The fourth-order valence-corrected chi connectivity index (χ4v) is 1.68. The van der Waals surface area contributed by atoms with Crippen molar-refractivity contribution in [1.82, 2.24) is 9.80 Å². The van der Waals surface area contributed by atoms with E-state index in [1.54, 1.807) is 6.92 Å². The number of piperazine rings is 1. The molecule has 1 fully saturated rings. The number of rotatable bonds is 1. The molecule has 0 aromatic rings. The van der Waals surface area contributed by atoms with E-state index >= 15 is 0 Å². The van der Waals surface area contributed by atoms with Crippen LogP contribution < -0.4 is 0 Å². The molecule has 0 aliphatic carbocycles. The van der Waals surface area contributed by atoms with Gasteiger partial charge in [0.05, 0.1) is 5.45 Å². The van der Waals surface area contributed by atoms with Crippen molar-refractivity contribution in [3.8, 4) is 0 Å². The topological polar surface area (TPSA) is 23.6 Å². The van der Waals surface area contributed by atoms with Crippen LogP contribution in [0.1, 0.15) is 6.92 Å². The van der Waals surface area contributed by atoms with Gasteiger partial charge in [0.15, 0.2) is 0 Å². The highest BCUT2D eigenvalue weighted by atomic mass is 79.9. The van der Waals surface area contributed by atoms with Crippen molar-refractivity contribution in [2.75, 3.05) is 31.6 Å². The number of carbonyl (C=O) groups is 1. The van der Waals surface area contributed by atoms with E-state index in [2.05, 4.69) is 20.8 Å². The molecule has 11 heavy (non-hydrogen) atoms. The Hall–Kier alpha value is -0.0900. The van der Waals surface area contributed by atoms with E-state index in [4.69, 9.17) is 0 Å². The number of hydrogen-bond acceptors (Lipinski definition) is 2. The molecule has 64 valence electrons. The van der Waals surface area contributed by atoms with Gasteiger partial charge in [0.25, 0.3) is 0 Å². The second-order valence-electron chi connectivity index (χ2n) is 2.74.